The smallest absolute Gasteiger partial charge is 0.0509 e. The van der Waals surface area contributed by atoms with E-state index in [-0.39, 0.29) is 0 Å². The zero-order chi connectivity index (χ0) is 13.0. The Morgan fingerprint density at radius 1 is 1.00 bits per heavy atom. The predicted molar refractivity (Wildman–Crippen MR) is 80.1 cm³/mol. The van der Waals surface area contributed by atoms with Crippen molar-refractivity contribution in [2.24, 2.45) is 0 Å². The topological polar surface area (TPSA) is 3.24 Å². The molecule has 0 radical (unpaired) electrons. The molecular formula is C15H15Cl2N. The first-order valence-corrected chi connectivity index (χ1v) is 6.85. The van der Waals surface area contributed by atoms with Gasteiger partial charge in [-0.2, -0.15) is 0 Å². The minimum Gasteiger partial charge on any atom is -0.341 e. The van der Waals surface area contributed by atoms with Crippen LogP contribution in [0.1, 0.15) is 12.5 Å². The highest BCUT2D eigenvalue weighted by atomic mass is 35.5. The third-order valence-electron chi connectivity index (χ3n) is 2.90. The van der Waals surface area contributed by atoms with Crippen molar-refractivity contribution in [2.45, 2.75) is 12.8 Å². The van der Waals surface area contributed by atoms with Crippen molar-refractivity contribution in [3.05, 3.63) is 59.1 Å². The van der Waals surface area contributed by atoms with Crippen molar-refractivity contribution in [1.82, 2.24) is 0 Å². The van der Waals surface area contributed by atoms with Crippen molar-refractivity contribution >= 4 is 34.6 Å². The van der Waals surface area contributed by atoms with Crippen molar-refractivity contribution in [3.63, 3.8) is 0 Å². The maximum atomic E-state index is 6.21. The molecule has 18 heavy (non-hydrogen) atoms. The van der Waals surface area contributed by atoms with Gasteiger partial charge in [-0.1, -0.05) is 35.9 Å². The number of benzene rings is 2. The quantitative estimate of drug-likeness (QED) is 0.692. The summed E-state index contributed by atoms with van der Waals surface area (Å²) < 4.78 is 0. The Labute approximate surface area is 118 Å². The average molecular weight is 280 g/mol. The summed E-state index contributed by atoms with van der Waals surface area (Å²) in [4.78, 5) is 2.21. The second-order valence-electron chi connectivity index (χ2n) is 3.95. The van der Waals surface area contributed by atoms with E-state index in [1.165, 1.54) is 0 Å². The van der Waals surface area contributed by atoms with E-state index >= 15 is 0 Å². The van der Waals surface area contributed by atoms with Crippen LogP contribution in [0.15, 0.2) is 48.5 Å². The largest absolute Gasteiger partial charge is 0.341 e. The number of hydrogen-bond donors (Lipinski definition) is 0. The molecule has 0 unspecified atom stereocenters. The molecule has 3 heteroatoms. The fourth-order valence-electron chi connectivity index (χ4n) is 2.03. The summed E-state index contributed by atoms with van der Waals surface area (Å²) in [5.74, 6) is 0.415. The van der Waals surface area contributed by atoms with E-state index in [1.54, 1.807) is 0 Å². The van der Waals surface area contributed by atoms with Crippen LogP contribution in [0.2, 0.25) is 5.02 Å². The molecule has 0 atom stereocenters. The Hall–Kier alpha value is -1.18. The maximum Gasteiger partial charge on any atom is 0.0509 e. The molecule has 0 spiro atoms. The Morgan fingerprint density at radius 2 is 1.72 bits per heavy atom. The molecule has 2 rings (SSSR count). The molecule has 0 saturated carbocycles. The van der Waals surface area contributed by atoms with Gasteiger partial charge in [0, 0.05) is 28.5 Å². The monoisotopic (exact) mass is 279 g/mol. The summed E-state index contributed by atoms with van der Waals surface area (Å²) in [5.41, 5.74) is 3.20. The van der Waals surface area contributed by atoms with E-state index in [0.29, 0.717) is 5.88 Å². The van der Waals surface area contributed by atoms with E-state index in [0.717, 1.165) is 28.5 Å². The third kappa shape index (κ3) is 2.63. The van der Waals surface area contributed by atoms with Crippen LogP contribution >= 0.6 is 23.2 Å². The Bertz CT molecular complexity index is 511. The standard InChI is InChI=1S/C15H15Cl2N/c1-2-18(12-7-4-3-5-8-12)15-10-6-9-14(17)13(15)11-16/h3-10H,2,11H2,1H3. The van der Waals surface area contributed by atoms with E-state index in [2.05, 4.69) is 30.0 Å². The van der Waals surface area contributed by atoms with Crippen LogP contribution in [0, 0.1) is 0 Å². The maximum absolute atomic E-state index is 6.21. The average Bonchev–Trinajstić information content (AvgIpc) is 2.41. The fourth-order valence-corrected chi connectivity index (χ4v) is 2.62. The van der Waals surface area contributed by atoms with Crippen LogP contribution in [0.4, 0.5) is 11.4 Å². The molecule has 2 aromatic carbocycles. The van der Waals surface area contributed by atoms with Crippen LogP contribution in [0.5, 0.6) is 0 Å². The molecule has 1 nitrogen and oxygen atoms in total. The summed E-state index contributed by atoms with van der Waals surface area (Å²) in [5, 5.41) is 0.719. The van der Waals surface area contributed by atoms with Crippen molar-refractivity contribution < 1.29 is 0 Å². The molecule has 94 valence electrons. The first-order valence-electron chi connectivity index (χ1n) is 5.94. The molecule has 0 heterocycles. The van der Waals surface area contributed by atoms with Gasteiger partial charge >= 0.3 is 0 Å². The van der Waals surface area contributed by atoms with Crippen molar-refractivity contribution in [3.8, 4) is 0 Å². The number of para-hydroxylation sites is 1. The zero-order valence-electron chi connectivity index (χ0n) is 10.2. The lowest BCUT2D eigenvalue weighted by molar-refractivity contribution is 1.01. The minimum atomic E-state index is 0.415. The SMILES string of the molecule is CCN(c1ccccc1)c1cccc(Cl)c1CCl. The van der Waals surface area contributed by atoms with Gasteiger partial charge in [0.05, 0.1) is 5.88 Å². The van der Waals surface area contributed by atoms with Gasteiger partial charge in [-0.3, -0.25) is 0 Å². The molecular weight excluding hydrogens is 265 g/mol. The molecule has 0 fully saturated rings. The predicted octanol–water partition coefficient (Wildman–Crippen LogP) is 5.24. The fraction of sp³-hybridized carbons (Fsp3) is 0.200. The number of anilines is 2. The van der Waals surface area contributed by atoms with Crippen LogP contribution in [-0.4, -0.2) is 6.54 Å². The van der Waals surface area contributed by atoms with Gasteiger partial charge in [-0.25, -0.2) is 0 Å². The molecule has 2 aromatic rings. The molecule has 0 saturated heterocycles. The van der Waals surface area contributed by atoms with Gasteiger partial charge in [-0.05, 0) is 31.2 Å². The Balaban J connectivity index is 2.49. The van der Waals surface area contributed by atoms with Crippen LogP contribution in [0.3, 0.4) is 0 Å². The summed E-state index contributed by atoms with van der Waals surface area (Å²) in [6, 6.07) is 16.1. The van der Waals surface area contributed by atoms with Gasteiger partial charge in [0.15, 0.2) is 0 Å². The van der Waals surface area contributed by atoms with Gasteiger partial charge < -0.3 is 4.90 Å². The lowest BCUT2D eigenvalue weighted by Crippen LogP contribution is -2.17. The van der Waals surface area contributed by atoms with Crippen LogP contribution in [0.25, 0.3) is 0 Å². The lowest BCUT2D eigenvalue weighted by Gasteiger charge is -2.26. The number of nitrogens with zero attached hydrogens (tertiary/aromatic N) is 1. The second-order valence-corrected chi connectivity index (χ2v) is 4.63. The first-order chi connectivity index (χ1) is 8.77. The first kappa shape index (κ1) is 13.3. The number of alkyl halides is 1. The number of rotatable bonds is 4. The van der Waals surface area contributed by atoms with Gasteiger partial charge in [0.1, 0.15) is 0 Å². The van der Waals surface area contributed by atoms with Gasteiger partial charge in [-0.15, -0.1) is 11.6 Å². The second kappa shape index (κ2) is 6.12. The van der Waals surface area contributed by atoms with Crippen LogP contribution in [-0.2, 0) is 5.88 Å². The van der Waals surface area contributed by atoms with Gasteiger partial charge in [0.2, 0.25) is 0 Å². The van der Waals surface area contributed by atoms with Crippen molar-refractivity contribution in [1.29, 1.82) is 0 Å². The lowest BCUT2D eigenvalue weighted by atomic mass is 10.1. The highest BCUT2D eigenvalue weighted by Crippen LogP contribution is 2.33. The number of hydrogen-bond acceptors (Lipinski definition) is 1. The molecule has 0 N–H and O–H groups in total. The minimum absolute atomic E-state index is 0.415. The summed E-state index contributed by atoms with van der Waals surface area (Å²) in [7, 11) is 0. The summed E-state index contributed by atoms with van der Waals surface area (Å²) in [6.07, 6.45) is 0. The molecule has 0 aromatic heterocycles. The Morgan fingerprint density at radius 3 is 2.33 bits per heavy atom. The van der Waals surface area contributed by atoms with Crippen molar-refractivity contribution in [2.75, 3.05) is 11.4 Å². The highest BCUT2D eigenvalue weighted by molar-refractivity contribution is 6.32. The Kier molecular flexibility index (Phi) is 4.51. The van der Waals surface area contributed by atoms with Crippen LogP contribution < -0.4 is 4.90 Å². The van der Waals surface area contributed by atoms with E-state index in [4.69, 9.17) is 23.2 Å². The molecule has 0 amide bonds. The zero-order valence-corrected chi connectivity index (χ0v) is 11.7. The molecule has 0 bridgehead atoms. The molecule has 0 aliphatic rings. The van der Waals surface area contributed by atoms with E-state index in [1.807, 2.05) is 30.3 Å². The molecule has 0 aliphatic carbocycles. The van der Waals surface area contributed by atoms with E-state index < -0.39 is 0 Å². The molecule has 0 aliphatic heterocycles. The normalized spacial score (nSPS) is 10.4. The highest BCUT2D eigenvalue weighted by Gasteiger charge is 2.13. The summed E-state index contributed by atoms with van der Waals surface area (Å²) >= 11 is 12.2. The van der Waals surface area contributed by atoms with E-state index in [9.17, 15) is 0 Å². The third-order valence-corrected chi connectivity index (χ3v) is 3.52. The summed E-state index contributed by atoms with van der Waals surface area (Å²) in [6.45, 7) is 2.99. The van der Waals surface area contributed by atoms with Gasteiger partial charge in [0.25, 0.3) is 0 Å². The number of halogens is 2.